The standard InChI is InChI=1S/C19H17NO4S/c21-18(22)12-15-13-25-19(20-15)14-5-4-8-17(11-14)24-10-9-23-16-6-2-1-3-7-16/h1-8,11,13H,9-10,12H2,(H,21,22). The van der Waals surface area contributed by atoms with E-state index in [0.717, 1.165) is 22.1 Å². The maximum Gasteiger partial charge on any atom is 0.309 e. The second kappa shape index (κ2) is 8.30. The van der Waals surface area contributed by atoms with E-state index in [2.05, 4.69) is 4.98 Å². The van der Waals surface area contributed by atoms with Crippen molar-refractivity contribution in [2.75, 3.05) is 13.2 Å². The van der Waals surface area contributed by atoms with Gasteiger partial charge >= 0.3 is 5.97 Å². The lowest BCUT2D eigenvalue weighted by molar-refractivity contribution is -0.136. The molecule has 0 saturated heterocycles. The van der Waals surface area contributed by atoms with Crippen molar-refractivity contribution in [1.82, 2.24) is 4.98 Å². The first kappa shape index (κ1) is 17.0. The Bertz CT molecular complexity index is 832. The fraction of sp³-hybridized carbons (Fsp3) is 0.158. The zero-order valence-corrected chi connectivity index (χ0v) is 14.2. The van der Waals surface area contributed by atoms with Gasteiger partial charge in [0.25, 0.3) is 0 Å². The molecule has 0 spiro atoms. The predicted octanol–water partition coefficient (Wildman–Crippen LogP) is 3.90. The molecule has 3 aromatic rings. The highest BCUT2D eigenvalue weighted by atomic mass is 32.1. The predicted molar refractivity (Wildman–Crippen MR) is 96.3 cm³/mol. The summed E-state index contributed by atoms with van der Waals surface area (Å²) in [6, 6.07) is 17.2. The molecule has 2 aromatic carbocycles. The molecule has 3 rings (SSSR count). The lowest BCUT2D eigenvalue weighted by Crippen LogP contribution is -2.08. The van der Waals surface area contributed by atoms with Crippen molar-refractivity contribution < 1.29 is 19.4 Å². The molecule has 128 valence electrons. The Balaban J connectivity index is 1.56. The van der Waals surface area contributed by atoms with E-state index in [9.17, 15) is 4.79 Å². The van der Waals surface area contributed by atoms with E-state index in [1.165, 1.54) is 11.3 Å². The number of nitrogens with zero attached hydrogens (tertiary/aromatic N) is 1. The van der Waals surface area contributed by atoms with Crippen LogP contribution in [0.25, 0.3) is 10.6 Å². The molecule has 0 amide bonds. The van der Waals surface area contributed by atoms with Crippen LogP contribution in [0, 0.1) is 0 Å². The van der Waals surface area contributed by atoms with Crippen LogP contribution >= 0.6 is 11.3 Å². The maximum absolute atomic E-state index is 10.8. The van der Waals surface area contributed by atoms with Crippen LogP contribution in [0.5, 0.6) is 11.5 Å². The lowest BCUT2D eigenvalue weighted by Gasteiger charge is -2.09. The third-order valence-electron chi connectivity index (χ3n) is 3.33. The van der Waals surface area contributed by atoms with E-state index >= 15 is 0 Å². The molecule has 0 fully saturated rings. The summed E-state index contributed by atoms with van der Waals surface area (Å²) < 4.78 is 11.3. The van der Waals surface area contributed by atoms with E-state index in [0.29, 0.717) is 18.9 Å². The first-order chi connectivity index (χ1) is 12.2. The summed E-state index contributed by atoms with van der Waals surface area (Å²) in [5.41, 5.74) is 1.47. The van der Waals surface area contributed by atoms with Crippen LogP contribution in [0.2, 0.25) is 0 Å². The maximum atomic E-state index is 10.8. The van der Waals surface area contributed by atoms with Crippen LogP contribution in [0.3, 0.4) is 0 Å². The number of carboxylic acid groups (broad SMARTS) is 1. The van der Waals surface area contributed by atoms with Gasteiger partial charge in [-0.1, -0.05) is 30.3 Å². The SMILES string of the molecule is O=C(O)Cc1csc(-c2cccc(OCCOc3ccccc3)c2)n1. The molecule has 0 aliphatic rings. The number of hydrogen-bond donors (Lipinski definition) is 1. The topological polar surface area (TPSA) is 68.7 Å². The Morgan fingerprint density at radius 1 is 1.00 bits per heavy atom. The largest absolute Gasteiger partial charge is 0.490 e. The average molecular weight is 355 g/mol. The number of ether oxygens (including phenoxy) is 2. The van der Waals surface area contributed by atoms with Crippen LogP contribution in [-0.4, -0.2) is 29.3 Å². The van der Waals surface area contributed by atoms with Crippen LogP contribution in [-0.2, 0) is 11.2 Å². The van der Waals surface area contributed by atoms with E-state index in [1.807, 2.05) is 54.6 Å². The molecule has 0 saturated carbocycles. The van der Waals surface area contributed by atoms with Crippen LogP contribution in [0.15, 0.2) is 60.0 Å². The van der Waals surface area contributed by atoms with E-state index < -0.39 is 5.97 Å². The van der Waals surface area contributed by atoms with Crippen LogP contribution in [0.4, 0.5) is 0 Å². The monoisotopic (exact) mass is 355 g/mol. The molecule has 1 N–H and O–H groups in total. The Hall–Kier alpha value is -2.86. The van der Waals surface area contributed by atoms with Gasteiger partial charge in [0.05, 0.1) is 12.1 Å². The molecule has 0 radical (unpaired) electrons. The highest BCUT2D eigenvalue weighted by Crippen LogP contribution is 2.27. The second-order valence-corrected chi connectivity index (χ2v) is 6.11. The first-order valence-electron chi connectivity index (χ1n) is 7.78. The fourth-order valence-corrected chi connectivity index (χ4v) is 3.05. The van der Waals surface area contributed by atoms with Gasteiger partial charge in [-0.05, 0) is 24.3 Å². The molecule has 25 heavy (non-hydrogen) atoms. The van der Waals surface area contributed by atoms with Crippen LogP contribution < -0.4 is 9.47 Å². The number of rotatable bonds is 8. The molecule has 1 aromatic heterocycles. The smallest absolute Gasteiger partial charge is 0.309 e. The zero-order valence-electron chi connectivity index (χ0n) is 13.4. The number of para-hydroxylation sites is 1. The summed E-state index contributed by atoms with van der Waals surface area (Å²) in [6.45, 7) is 0.884. The highest BCUT2D eigenvalue weighted by Gasteiger charge is 2.08. The van der Waals surface area contributed by atoms with Gasteiger partial charge in [-0.3, -0.25) is 4.79 Å². The second-order valence-electron chi connectivity index (χ2n) is 5.25. The third kappa shape index (κ3) is 5.06. The number of carbonyl (C=O) groups is 1. The van der Waals surface area contributed by atoms with Gasteiger partial charge < -0.3 is 14.6 Å². The van der Waals surface area contributed by atoms with Gasteiger partial charge in [-0.2, -0.15) is 0 Å². The number of hydrogen-bond acceptors (Lipinski definition) is 5. The van der Waals surface area contributed by atoms with Crippen LogP contribution in [0.1, 0.15) is 5.69 Å². The molecule has 6 heteroatoms. The molecule has 0 unspecified atom stereocenters. The van der Waals surface area contributed by atoms with Crippen molar-refractivity contribution in [1.29, 1.82) is 0 Å². The number of carboxylic acids is 1. The van der Waals surface area contributed by atoms with E-state index in [-0.39, 0.29) is 6.42 Å². The summed E-state index contributed by atoms with van der Waals surface area (Å²) >= 11 is 1.42. The number of benzene rings is 2. The van der Waals surface area contributed by atoms with Crippen molar-refractivity contribution in [3.63, 3.8) is 0 Å². The van der Waals surface area contributed by atoms with E-state index in [4.69, 9.17) is 14.6 Å². The zero-order chi connectivity index (χ0) is 17.5. The molecule has 0 aliphatic heterocycles. The minimum Gasteiger partial charge on any atom is -0.490 e. The molecule has 0 bridgehead atoms. The Kier molecular flexibility index (Phi) is 5.64. The number of aromatic nitrogens is 1. The molecule has 0 atom stereocenters. The Morgan fingerprint density at radius 2 is 1.72 bits per heavy atom. The molecule has 1 heterocycles. The molecular weight excluding hydrogens is 338 g/mol. The van der Waals surface area contributed by atoms with Crippen molar-refractivity contribution in [2.24, 2.45) is 0 Å². The molecule has 5 nitrogen and oxygen atoms in total. The van der Waals surface area contributed by atoms with Gasteiger partial charge in [0.15, 0.2) is 0 Å². The van der Waals surface area contributed by atoms with E-state index in [1.54, 1.807) is 5.38 Å². The Morgan fingerprint density at radius 3 is 2.48 bits per heavy atom. The summed E-state index contributed by atoms with van der Waals surface area (Å²) in [5.74, 6) is 0.657. The summed E-state index contributed by atoms with van der Waals surface area (Å²) in [6.07, 6.45) is -0.0660. The third-order valence-corrected chi connectivity index (χ3v) is 4.27. The van der Waals surface area contributed by atoms with Crippen molar-refractivity contribution >= 4 is 17.3 Å². The average Bonchev–Trinajstić information content (AvgIpc) is 3.08. The number of thiazole rings is 1. The van der Waals surface area contributed by atoms with Gasteiger partial charge in [0.2, 0.25) is 0 Å². The first-order valence-corrected chi connectivity index (χ1v) is 8.66. The minimum atomic E-state index is -0.882. The van der Waals surface area contributed by atoms with Gasteiger partial charge in [0, 0.05) is 10.9 Å². The van der Waals surface area contributed by atoms with Crippen molar-refractivity contribution in [3.05, 3.63) is 65.7 Å². The van der Waals surface area contributed by atoms with Gasteiger partial charge in [0.1, 0.15) is 29.7 Å². The molecule has 0 aliphatic carbocycles. The summed E-state index contributed by atoms with van der Waals surface area (Å²) in [4.78, 5) is 15.1. The van der Waals surface area contributed by atoms with Gasteiger partial charge in [-0.15, -0.1) is 11.3 Å². The molecular formula is C19H17NO4S. The normalized spacial score (nSPS) is 10.4. The number of aliphatic carboxylic acids is 1. The summed E-state index contributed by atoms with van der Waals surface area (Å²) in [5, 5.41) is 11.4. The quantitative estimate of drug-likeness (QED) is 0.621. The van der Waals surface area contributed by atoms with Crippen molar-refractivity contribution in [2.45, 2.75) is 6.42 Å². The lowest BCUT2D eigenvalue weighted by atomic mass is 10.2. The fourth-order valence-electron chi connectivity index (χ4n) is 2.23. The van der Waals surface area contributed by atoms with Gasteiger partial charge in [-0.25, -0.2) is 4.98 Å². The minimum absolute atomic E-state index is 0.0660. The Labute approximate surface area is 149 Å². The summed E-state index contributed by atoms with van der Waals surface area (Å²) in [7, 11) is 0. The van der Waals surface area contributed by atoms with Crippen molar-refractivity contribution in [3.8, 4) is 22.1 Å². The highest BCUT2D eigenvalue weighted by molar-refractivity contribution is 7.13.